The summed E-state index contributed by atoms with van der Waals surface area (Å²) in [6.45, 7) is 0. The van der Waals surface area contributed by atoms with Crippen LogP contribution < -0.4 is 11.1 Å². The first-order valence-electron chi connectivity index (χ1n) is 7.98. The zero-order valence-electron chi connectivity index (χ0n) is 13.9. The molecule has 4 rings (SSSR count). The number of fused-ring (bicyclic) bond motifs is 1. The molecule has 0 aliphatic carbocycles. The van der Waals surface area contributed by atoms with Gasteiger partial charge in [-0.05, 0) is 36.4 Å². The summed E-state index contributed by atoms with van der Waals surface area (Å²) in [5, 5.41) is 7.16. The van der Waals surface area contributed by atoms with Crippen LogP contribution in [0.2, 0.25) is 5.02 Å². The molecule has 0 saturated heterocycles. The van der Waals surface area contributed by atoms with Gasteiger partial charge in [-0.3, -0.25) is 4.79 Å². The van der Waals surface area contributed by atoms with Crippen molar-refractivity contribution in [3.05, 3.63) is 77.3 Å². The van der Waals surface area contributed by atoms with Gasteiger partial charge in [0.25, 0.3) is 5.91 Å². The first kappa shape index (κ1) is 17.0. The van der Waals surface area contributed by atoms with Crippen LogP contribution in [-0.4, -0.2) is 20.5 Å². The molecule has 27 heavy (non-hydrogen) atoms. The van der Waals surface area contributed by atoms with Crippen molar-refractivity contribution in [1.29, 1.82) is 0 Å². The van der Waals surface area contributed by atoms with Crippen LogP contribution in [0.15, 0.2) is 60.9 Å². The number of carbonyl (C=O) groups excluding carboxylic acids is 1. The lowest BCUT2D eigenvalue weighted by Crippen LogP contribution is -2.12. The van der Waals surface area contributed by atoms with E-state index in [9.17, 15) is 9.18 Å². The van der Waals surface area contributed by atoms with Crippen LogP contribution >= 0.6 is 11.6 Å². The van der Waals surface area contributed by atoms with Crippen LogP contribution in [-0.2, 0) is 0 Å². The van der Waals surface area contributed by atoms with Crippen molar-refractivity contribution in [3.8, 4) is 11.1 Å². The minimum absolute atomic E-state index is 0.262. The molecule has 6 nitrogen and oxygen atoms in total. The smallest absolute Gasteiger partial charge is 0.255 e. The summed E-state index contributed by atoms with van der Waals surface area (Å²) in [4.78, 5) is 16.5. The van der Waals surface area contributed by atoms with Gasteiger partial charge in [0, 0.05) is 39.7 Å². The van der Waals surface area contributed by atoms with Gasteiger partial charge in [-0.25, -0.2) is 9.37 Å². The SMILES string of the molecule is Nc1c(-c2ccc(NC(=O)c3cccc(Cl)c3)cc2F)cnc2ccnn12. The second-order valence-electron chi connectivity index (χ2n) is 5.82. The summed E-state index contributed by atoms with van der Waals surface area (Å²) in [6.07, 6.45) is 3.06. The molecule has 3 N–H and O–H groups in total. The fourth-order valence-electron chi connectivity index (χ4n) is 2.74. The van der Waals surface area contributed by atoms with Gasteiger partial charge in [0.05, 0.1) is 6.20 Å². The van der Waals surface area contributed by atoms with Gasteiger partial charge in [0.2, 0.25) is 0 Å². The molecule has 2 aromatic carbocycles. The van der Waals surface area contributed by atoms with Crippen LogP contribution in [0, 0.1) is 5.82 Å². The van der Waals surface area contributed by atoms with E-state index in [2.05, 4.69) is 15.4 Å². The first-order chi connectivity index (χ1) is 13.0. The maximum atomic E-state index is 14.7. The standard InChI is InChI=1S/C19H13ClFN5O/c20-12-3-1-2-11(8-12)19(27)25-13-4-5-14(16(21)9-13)15-10-23-17-6-7-24-26(17)18(15)22/h1-10H,22H2,(H,25,27). The van der Waals surface area contributed by atoms with Crippen molar-refractivity contribution in [2.75, 3.05) is 11.1 Å². The Morgan fingerprint density at radius 1 is 1.15 bits per heavy atom. The Bertz CT molecular complexity index is 1170. The number of amides is 1. The van der Waals surface area contributed by atoms with Crippen molar-refractivity contribution < 1.29 is 9.18 Å². The molecule has 0 radical (unpaired) electrons. The van der Waals surface area contributed by atoms with E-state index in [4.69, 9.17) is 17.3 Å². The molecule has 0 atom stereocenters. The van der Waals surface area contributed by atoms with E-state index >= 15 is 0 Å². The number of carbonyl (C=O) groups is 1. The summed E-state index contributed by atoms with van der Waals surface area (Å²) >= 11 is 5.89. The summed E-state index contributed by atoms with van der Waals surface area (Å²) in [6, 6.07) is 12.5. The third-order valence-electron chi connectivity index (χ3n) is 4.06. The highest BCUT2D eigenvalue weighted by Gasteiger charge is 2.14. The van der Waals surface area contributed by atoms with Crippen molar-refractivity contribution in [2.24, 2.45) is 0 Å². The highest BCUT2D eigenvalue weighted by atomic mass is 35.5. The van der Waals surface area contributed by atoms with Crippen molar-refractivity contribution >= 4 is 34.7 Å². The lowest BCUT2D eigenvalue weighted by atomic mass is 10.1. The number of nitrogens with zero attached hydrogens (tertiary/aromatic N) is 3. The normalized spacial score (nSPS) is 10.9. The first-order valence-corrected chi connectivity index (χ1v) is 8.36. The Morgan fingerprint density at radius 3 is 2.78 bits per heavy atom. The number of halogens is 2. The zero-order chi connectivity index (χ0) is 19.0. The number of anilines is 2. The lowest BCUT2D eigenvalue weighted by molar-refractivity contribution is 0.102. The van der Waals surface area contributed by atoms with E-state index in [0.29, 0.717) is 27.5 Å². The van der Waals surface area contributed by atoms with Crippen molar-refractivity contribution in [3.63, 3.8) is 0 Å². The fourth-order valence-corrected chi connectivity index (χ4v) is 2.93. The highest BCUT2D eigenvalue weighted by Crippen LogP contribution is 2.29. The fraction of sp³-hybridized carbons (Fsp3) is 0. The number of nitrogen functional groups attached to an aromatic ring is 1. The predicted molar refractivity (Wildman–Crippen MR) is 102 cm³/mol. The molecule has 0 saturated carbocycles. The second-order valence-corrected chi connectivity index (χ2v) is 6.25. The van der Waals surface area contributed by atoms with Gasteiger partial charge in [0.15, 0.2) is 5.65 Å². The molecule has 4 aromatic rings. The molecule has 1 amide bonds. The van der Waals surface area contributed by atoms with Gasteiger partial charge >= 0.3 is 0 Å². The number of rotatable bonds is 3. The van der Waals surface area contributed by atoms with Gasteiger partial charge in [-0.2, -0.15) is 9.61 Å². The average molecular weight is 382 g/mol. The number of nitrogens with two attached hydrogens (primary N) is 1. The Kier molecular flexibility index (Phi) is 4.21. The van der Waals surface area contributed by atoms with Crippen LogP contribution in [0.25, 0.3) is 16.8 Å². The quantitative estimate of drug-likeness (QED) is 0.561. The molecule has 0 unspecified atom stereocenters. The Morgan fingerprint density at radius 2 is 2.00 bits per heavy atom. The lowest BCUT2D eigenvalue weighted by Gasteiger charge is -2.10. The number of nitrogens with one attached hydrogen (secondary N) is 1. The molecule has 2 heterocycles. The van der Waals surface area contributed by atoms with Gasteiger partial charge in [0.1, 0.15) is 11.6 Å². The Labute approximate surface area is 158 Å². The summed E-state index contributed by atoms with van der Waals surface area (Å²) < 4.78 is 16.1. The third kappa shape index (κ3) is 3.20. The molecule has 134 valence electrons. The number of aromatic nitrogens is 3. The van der Waals surface area contributed by atoms with Crippen molar-refractivity contribution in [1.82, 2.24) is 14.6 Å². The van der Waals surface area contributed by atoms with E-state index in [-0.39, 0.29) is 17.3 Å². The van der Waals surface area contributed by atoms with E-state index in [0.717, 1.165) is 0 Å². The van der Waals surface area contributed by atoms with Crippen LogP contribution in [0.3, 0.4) is 0 Å². The Hall–Kier alpha value is -3.45. The molecule has 0 fully saturated rings. The second kappa shape index (κ2) is 6.69. The molecular formula is C19H13ClFN5O. The zero-order valence-corrected chi connectivity index (χ0v) is 14.6. The molecule has 0 aliphatic rings. The minimum Gasteiger partial charge on any atom is -0.383 e. The topological polar surface area (TPSA) is 85.3 Å². The summed E-state index contributed by atoms with van der Waals surface area (Å²) in [7, 11) is 0. The van der Waals surface area contributed by atoms with Gasteiger partial charge in [-0.1, -0.05) is 17.7 Å². The molecular weight excluding hydrogens is 369 g/mol. The third-order valence-corrected chi connectivity index (χ3v) is 4.29. The molecule has 0 spiro atoms. The van der Waals surface area contributed by atoms with Crippen LogP contribution in [0.5, 0.6) is 0 Å². The minimum atomic E-state index is -0.543. The number of hydrogen-bond donors (Lipinski definition) is 2. The molecule has 0 bridgehead atoms. The summed E-state index contributed by atoms with van der Waals surface area (Å²) in [5.74, 6) is -0.651. The molecule has 0 aliphatic heterocycles. The predicted octanol–water partition coefficient (Wildman–Crippen LogP) is 4.02. The van der Waals surface area contributed by atoms with Gasteiger partial charge < -0.3 is 11.1 Å². The monoisotopic (exact) mass is 381 g/mol. The number of hydrogen-bond acceptors (Lipinski definition) is 4. The van der Waals surface area contributed by atoms with E-state index < -0.39 is 5.82 Å². The molecule has 8 heteroatoms. The van der Waals surface area contributed by atoms with E-state index in [1.54, 1.807) is 36.5 Å². The number of benzene rings is 2. The maximum Gasteiger partial charge on any atom is 0.255 e. The molecule has 2 aromatic heterocycles. The van der Waals surface area contributed by atoms with E-state index in [1.807, 2.05) is 0 Å². The summed E-state index contributed by atoms with van der Waals surface area (Å²) in [5.41, 5.74) is 8.02. The largest absolute Gasteiger partial charge is 0.383 e. The Balaban J connectivity index is 1.64. The maximum absolute atomic E-state index is 14.7. The van der Waals surface area contributed by atoms with Crippen LogP contribution in [0.4, 0.5) is 15.9 Å². The van der Waals surface area contributed by atoms with Crippen LogP contribution in [0.1, 0.15) is 10.4 Å². The highest BCUT2D eigenvalue weighted by molar-refractivity contribution is 6.31. The average Bonchev–Trinajstić information content (AvgIpc) is 3.12. The van der Waals surface area contributed by atoms with Gasteiger partial charge in [-0.15, -0.1) is 0 Å². The van der Waals surface area contributed by atoms with Crippen molar-refractivity contribution in [2.45, 2.75) is 0 Å². The van der Waals surface area contributed by atoms with E-state index in [1.165, 1.54) is 28.9 Å².